The zero-order valence-electron chi connectivity index (χ0n) is 16.6. The van der Waals surface area contributed by atoms with E-state index in [1.165, 1.54) is 0 Å². The molecule has 0 spiro atoms. The molecule has 1 aromatic carbocycles. The van der Waals surface area contributed by atoms with Crippen LogP contribution in [0.5, 0.6) is 0 Å². The Labute approximate surface area is 158 Å². The molecular weight excluding hydrogens is 325 g/mol. The van der Waals surface area contributed by atoms with Gasteiger partial charge in [0.15, 0.2) is 5.88 Å². The van der Waals surface area contributed by atoms with Crippen molar-refractivity contribution < 1.29 is 14.2 Å². The third kappa shape index (κ3) is 5.06. The monoisotopic (exact) mass is 357 g/mol. The molecule has 1 saturated heterocycles. The topological polar surface area (TPSA) is 38.8 Å². The van der Waals surface area contributed by atoms with Gasteiger partial charge in [0.25, 0.3) is 0 Å². The van der Waals surface area contributed by atoms with Crippen molar-refractivity contribution in [1.82, 2.24) is 4.90 Å². The third-order valence-corrected chi connectivity index (χ3v) is 4.93. The number of ether oxygens (including phenoxy) is 1. The summed E-state index contributed by atoms with van der Waals surface area (Å²) in [5.74, 6) is 0.623. The summed E-state index contributed by atoms with van der Waals surface area (Å²) in [6.07, 6.45) is 7.90. The van der Waals surface area contributed by atoms with Crippen LogP contribution < -0.4 is 0 Å². The van der Waals surface area contributed by atoms with Crippen molar-refractivity contribution in [1.29, 1.82) is 0 Å². The number of nitrogens with zero attached hydrogens (tertiary/aromatic N) is 1. The van der Waals surface area contributed by atoms with E-state index in [1.807, 2.05) is 50.3 Å². The lowest BCUT2D eigenvalue weighted by Crippen LogP contribution is -2.35. The lowest BCUT2D eigenvalue weighted by Gasteiger charge is -2.26. The minimum Gasteiger partial charge on any atom is -0.549 e. The Bertz CT molecular complexity index is 582. The van der Waals surface area contributed by atoms with E-state index in [2.05, 4.69) is 13.8 Å². The molecule has 0 radical (unpaired) electrons. The largest absolute Gasteiger partial charge is 0.549 e. The second-order valence-electron chi connectivity index (χ2n) is 6.98. The van der Waals surface area contributed by atoms with Gasteiger partial charge >= 0.3 is 13.0 Å². The summed E-state index contributed by atoms with van der Waals surface area (Å²) in [4.78, 5) is 14.2. The summed E-state index contributed by atoms with van der Waals surface area (Å²) >= 11 is 0. The normalized spacial score (nSPS) is 20.2. The summed E-state index contributed by atoms with van der Waals surface area (Å²) < 4.78 is 12.0. The number of carbonyl (C=O) groups excluding carboxylic acids is 1. The highest BCUT2D eigenvalue weighted by atomic mass is 16.6. The van der Waals surface area contributed by atoms with Gasteiger partial charge in [-0.2, -0.15) is 0 Å². The van der Waals surface area contributed by atoms with Crippen LogP contribution in [-0.2, 0) is 9.39 Å². The number of amides is 1. The Morgan fingerprint density at radius 3 is 2.35 bits per heavy atom. The first kappa shape index (κ1) is 20.4. The second kappa shape index (κ2) is 10.3. The maximum Gasteiger partial charge on any atom is 0.417 e. The molecule has 1 fully saturated rings. The van der Waals surface area contributed by atoms with E-state index in [0.29, 0.717) is 5.88 Å². The minimum atomic E-state index is -0.329. The smallest absolute Gasteiger partial charge is 0.417 e. The van der Waals surface area contributed by atoms with Gasteiger partial charge in [-0.25, -0.2) is 9.69 Å². The minimum absolute atomic E-state index is 0.103. The van der Waals surface area contributed by atoms with Gasteiger partial charge in [0.05, 0.1) is 6.04 Å². The molecule has 1 aliphatic heterocycles. The predicted octanol–water partition coefficient (Wildman–Crippen LogP) is 6.04. The van der Waals surface area contributed by atoms with Crippen molar-refractivity contribution >= 4 is 13.0 Å². The van der Waals surface area contributed by atoms with E-state index in [4.69, 9.17) is 9.39 Å². The molecular formula is C21H32BNO3. The highest BCUT2D eigenvalue weighted by molar-refractivity contribution is 6.52. The van der Waals surface area contributed by atoms with Crippen LogP contribution in [-0.4, -0.2) is 24.0 Å². The fraction of sp³-hybridized carbons (Fsp3) is 0.571. The van der Waals surface area contributed by atoms with Crippen LogP contribution in [0.15, 0.2) is 42.3 Å². The van der Waals surface area contributed by atoms with Gasteiger partial charge in [-0.3, -0.25) is 0 Å². The Balaban J connectivity index is 2.11. The summed E-state index contributed by atoms with van der Waals surface area (Å²) in [5, 5.41) is 0. The molecule has 0 saturated carbocycles. The highest BCUT2D eigenvalue weighted by Crippen LogP contribution is 2.35. The van der Waals surface area contributed by atoms with E-state index < -0.39 is 0 Å². The molecule has 1 aromatic rings. The van der Waals surface area contributed by atoms with Crippen molar-refractivity contribution in [3.8, 4) is 0 Å². The number of benzene rings is 1. The van der Waals surface area contributed by atoms with Gasteiger partial charge in [0.1, 0.15) is 6.10 Å². The van der Waals surface area contributed by atoms with Gasteiger partial charge in [-0.15, -0.1) is 0 Å². The maximum absolute atomic E-state index is 12.6. The molecule has 1 amide bonds. The van der Waals surface area contributed by atoms with Crippen molar-refractivity contribution in [2.75, 3.05) is 0 Å². The van der Waals surface area contributed by atoms with Gasteiger partial charge < -0.3 is 9.39 Å². The summed E-state index contributed by atoms with van der Waals surface area (Å²) in [7, 11) is 0. The molecule has 0 aliphatic carbocycles. The zero-order chi connectivity index (χ0) is 18.9. The van der Waals surface area contributed by atoms with Gasteiger partial charge in [0.2, 0.25) is 0 Å². The van der Waals surface area contributed by atoms with Gasteiger partial charge in [0, 0.05) is 0 Å². The Morgan fingerprint density at radius 2 is 1.81 bits per heavy atom. The average molecular weight is 357 g/mol. The fourth-order valence-electron chi connectivity index (χ4n) is 3.41. The molecule has 4 nitrogen and oxygen atoms in total. The molecule has 2 atom stereocenters. The van der Waals surface area contributed by atoms with Crippen LogP contribution in [0.2, 0.25) is 12.6 Å². The van der Waals surface area contributed by atoms with Gasteiger partial charge in [-0.1, -0.05) is 69.9 Å². The SMILES string of the molecule is C/C=C(/OB(CCCC)CCCC)N1C(=O)O[C@@H](c2ccccc2)[C@H]1C. The van der Waals surface area contributed by atoms with E-state index in [1.54, 1.807) is 4.90 Å². The first-order valence-corrected chi connectivity index (χ1v) is 10.00. The Morgan fingerprint density at radius 1 is 1.19 bits per heavy atom. The number of allylic oxidation sites excluding steroid dienone is 1. The standard InChI is InChI=1S/C21H32BNO3/c1-5-8-15-22(16-9-6-2)26-19(7-3)23-17(4)20(25-21(23)24)18-13-11-10-12-14-18/h7,10-14,17,20H,5-6,8-9,15-16H2,1-4H3/b19-7+/t17-,20-/m1/s1. The second-order valence-corrected chi connectivity index (χ2v) is 6.98. The van der Waals surface area contributed by atoms with Crippen molar-refractivity contribution in [2.45, 2.75) is 78.2 Å². The highest BCUT2D eigenvalue weighted by Gasteiger charge is 2.42. The first-order valence-electron chi connectivity index (χ1n) is 10.00. The molecule has 0 bridgehead atoms. The van der Waals surface area contributed by atoms with Crippen molar-refractivity contribution in [3.63, 3.8) is 0 Å². The van der Waals surface area contributed by atoms with Crippen LogP contribution in [0.1, 0.15) is 65.0 Å². The lowest BCUT2D eigenvalue weighted by atomic mass is 9.59. The molecule has 0 N–H and O–H groups in total. The molecule has 0 aromatic heterocycles. The lowest BCUT2D eigenvalue weighted by molar-refractivity contribution is 0.129. The zero-order valence-corrected chi connectivity index (χ0v) is 16.6. The van der Waals surface area contributed by atoms with E-state index >= 15 is 0 Å². The molecule has 1 aliphatic rings. The van der Waals surface area contributed by atoms with Crippen LogP contribution in [0.4, 0.5) is 4.79 Å². The van der Waals surface area contributed by atoms with E-state index in [0.717, 1.165) is 43.9 Å². The number of cyclic esters (lactones) is 1. The molecule has 142 valence electrons. The maximum atomic E-state index is 12.6. The molecule has 1 heterocycles. The average Bonchev–Trinajstić information content (AvgIpc) is 2.96. The number of carbonyl (C=O) groups is 1. The van der Waals surface area contributed by atoms with Crippen molar-refractivity contribution in [2.24, 2.45) is 0 Å². The van der Waals surface area contributed by atoms with Crippen LogP contribution >= 0.6 is 0 Å². The predicted molar refractivity (Wildman–Crippen MR) is 107 cm³/mol. The van der Waals surface area contributed by atoms with Crippen molar-refractivity contribution in [3.05, 3.63) is 47.9 Å². The number of hydrogen-bond donors (Lipinski definition) is 0. The fourth-order valence-corrected chi connectivity index (χ4v) is 3.41. The third-order valence-electron chi connectivity index (χ3n) is 4.93. The first-order chi connectivity index (χ1) is 12.6. The Kier molecular flexibility index (Phi) is 8.08. The summed E-state index contributed by atoms with van der Waals surface area (Å²) in [5.41, 5.74) is 1.01. The van der Waals surface area contributed by atoms with Crippen LogP contribution in [0.25, 0.3) is 0 Å². The van der Waals surface area contributed by atoms with Gasteiger partial charge in [-0.05, 0) is 38.1 Å². The molecule has 26 heavy (non-hydrogen) atoms. The number of rotatable bonds is 10. The molecule has 2 rings (SSSR count). The number of unbranched alkanes of at least 4 members (excludes halogenated alkanes) is 2. The quantitative estimate of drug-likeness (QED) is 0.379. The summed E-state index contributed by atoms with van der Waals surface area (Å²) in [6.45, 7) is 8.47. The van der Waals surface area contributed by atoms with Crippen LogP contribution in [0.3, 0.4) is 0 Å². The number of hydrogen-bond acceptors (Lipinski definition) is 3. The summed E-state index contributed by atoms with van der Waals surface area (Å²) in [6, 6.07) is 9.80. The molecule has 5 heteroatoms. The Hall–Kier alpha value is -1.91. The molecule has 0 unspecified atom stereocenters. The van der Waals surface area contributed by atoms with Crippen LogP contribution in [0, 0.1) is 0 Å². The van der Waals surface area contributed by atoms with E-state index in [9.17, 15) is 4.79 Å². The van der Waals surface area contributed by atoms with E-state index in [-0.39, 0.29) is 25.2 Å².